The first-order valence-electron chi connectivity index (χ1n) is 8.60. The number of hydrogen-bond donors (Lipinski definition) is 1. The molecule has 1 N–H and O–H groups in total. The first-order chi connectivity index (χ1) is 12.5. The van der Waals surface area contributed by atoms with E-state index >= 15 is 0 Å². The average molecular weight is 349 g/mol. The van der Waals surface area contributed by atoms with Gasteiger partial charge in [0.1, 0.15) is 0 Å². The van der Waals surface area contributed by atoms with Crippen molar-refractivity contribution in [1.29, 1.82) is 0 Å². The third kappa shape index (κ3) is 3.83. The van der Waals surface area contributed by atoms with E-state index < -0.39 is 0 Å². The highest BCUT2D eigenvalue weighted by Gasteiger charge is 2.11. The summed E-state index contributed by atoms with van der Waals surface area (Å²) < 4.78 is 1.70. The number of anilines is 1. The lowest BCUT2D eigenvalue weighted by Gasteiger charge is -2.13. The molecule has 5 heteroatoms. The van der Waals surface area contributed by atoms with Crippen molar-refractivity contribution < 1.29 is 4.79 Å². The van der Waals surface area contributed by atoms with Crippen molar-refractivity contribution in [3.63, 3.8) is 0 Å². The number of fused-ring (bicyclic) bond motifs is 1. The highest BCUT2D eigenvalue weighted by atomic mass is 16.1. The van der Waals surface area contributed by atoms with Crippen LogP contribution in [-0.2, 0) is 6.54 Å². The zero-order chi connectivity index (χ0) is 18.7. The molecule has 0 saturated carbocycles. The molecule has 0 radical (unpaired) electrons. The van der Waals surface area contributed by atoms with Gasteiger partial charge < -0.3 is 14.8 Å². The Labute approximate surface area is 152 Å². The molecule has 0 aliphatic heterocycles. The molecule has 0 unspecified atom stereocenters. The van der Waals surface area contributed by atoms with Crippen molar-refractivity contribution in [2.75, 3.05) is 26.0 Å². The molecule has 134 valence electrons. The van der Waals surface area contributed by atoms with Crippen LogP contribution in [0.5, 0.6) is 0 Å². The molecular weight excluding hydrogens is 326 g/mol. The number of nitrogens with one attached hydrogen (secondary N) is 1. The maximum Gasteiger partial charge on any atom is 0.258 e. The van der Waals surface area contributed by atoms with E-state index in [1.807, 2.05) is 56.3 Å². The topological polar surface area (TPSA) is 54.3 Å². The maximum absolute atomic E-state index is 12.7. The van der Waals surface area contributed by atoms with Gasteiger partial charge in [0.05, 0.1) is 0 Å². The van der Waals surface area contributed by atoms with Crippen molar-refractivity contribution in [3.05, 3.63) is 76.2 Å². The predicted molar refractivity (Wildman–Crippen MR) is 106 cm³/mol. The number of likely N-dealkylation sites (N-methyl/N-ethyl adjacent to an activating group) is 1. The second kappa shape index (κ2) is 7.54. The minimum Gasteiger partial charge on any atom is -0.321 e. The number of pyridine rings is 1. The molecule has 1 amide bonds. The Morgan fingerprint density at radius 2 is 1.85 bits per heavy atom. The van der Waals surface area contributed by atoms with E-state index in [4.69, 9.17) is 0 Å². The SMILES string of the molecule is Cc1cccc(C(=O)Nc2cccc3c(=O)n(CCN(C)C)ccc23)c1. The first-order valence-corrected chi connectivity index (χ1v) is 8.60. The number of amides is 1. The Morgan fingerprint density at radius 3 is 2.58 bits per heavy atom. The van der Waals surface area contributed by atoms with E-state index in [9.17, 15) is 9.59 Å². The van der Waals surface area contributed by atoms with E-state index in [-0.39, 0.29) is 11.5 Å². The van der Waals surface area contributed by atoms with Gasteiger partial charge in [0, 0.05) is 41.3 Å². The van der Waals surface area contributed by atoms with Crippen molar-refractivity contribution in [3.8, 4) is 0 Å². The van der Waals surface area contributed by atoms with Crippen molar-refractivity contribution in [2.24, 2.45) is 0 Å². The predicted octanol–water partition coefficient (Wildman–Crippen LogP) is 3.12. The fourth-order valence-electron chi connectivity index (χ4n) is 2.89. The number of aryl methyl sites for hydroxylation is 1. The molecule has 3 rings (SSSR count). The van der Waals surface area contributed by atoms with E-state index in [0.29, 0.717) is 23.2 Å². The lowest BCUT2D eigenvalue weighted by Crippen LogP contribution is -2.26. The Hall–Kier alpha value is -2.92. The molecule has 3 aromatic rings. The Balaban J connectivity index is 1.93. The molecule has 1 aromatic heterocycles. The lowest BCUT2D eigenvalue weighted by molar-refractivity contribution is 0.102. The van der Waals surface area contributed by atoms with E-state index in [2.05, 4.69) is 5.32 Å². The Morgan fingerprint density at radius 1 is 1.08 bits per heavy atom. The number of carbonyl (C=O) groups is 1. The van der Waals surface area contributed by atoms with Gasteiger partial charge in [-0.1, -0.05) is 23.8 Å². The van der Waals surface area contributed by atoms with Gasteiger partial charge in [-0.3, -0.25) is 9.59 Å². The molecule has 0 aliphatic carbocycles. The molecule has 2 aromatic carbocycles. The monoisotopic (exact) mass is 349 g/mol. The molecular formula is C21H23N3O2. The number of benzene rings is 2. The quantitative estimate of drug-likeness (QED) is 0.770. The zero-order valence-corrected chi connectivity index (χ0v) is 15.3. The molecule has 0 fully saturated rings. The van der Waals surface area contributed by atoms with Crippen LogP contribution < -0.4 is 10.9 Å². The van der Waals surface area contributed by atoms with E-state index in [0.717, 1.165) is 17.5 Å². The van der Waals surface area contributed by atoms with Gasteiger partial charge in [-0.25, -0.2) is 0 Å². The summed E-state index contributed by atoms with van der Waals surface area (Å²) in [6.45, 7) is 3.36. The Bertz CT molecular complexity index is 1010. The zero-order valence-electron chi connectivity index (χ0n) is 15.3. The molecule has 0 saturated heterocycles. The molecule has 5 nitrogen and oxygen atoms in total. The molecule has 0 atom stereocenters. The van der Waals surface area contributed by atoms with Crippen LogP contribution in [0.4, 0.5) is 5.69 Å². The number of rotatable bonds is 5. The van der Waals surface area contributed by atoms with Crippen LogP contribution in [0, 0.1) is 6.92 Å². The van der Waals surface area contributed by atoms with Gasteiger partial charge in [0.25, 0.3) is 11.5 Å². The maximum atomic E-state index is 12.7. The summed E-state index contributed by atoms with van der Waals surface area (Å²) in [7, 11) is 3.95. The largest absolute Gasteiger partial charge is 0.321 e. The smallest absolute Gasteiger partial charge is 0.258 e. The van der Waals surface area contributed by atoms with Crippen molar-refractivity contribution >= 4 is 22.4 Å². The third-order valence-electron chi connectivity index (χ3n) is 4.34. The van der Waals surface area contributed by atoms with Crippen LogP contribution in [0.15, 0.2) is 59.5 Å². The fourth-order valence-corrected chi connectivity index (χ4v) is 2.89. The number of carbonyl (C=O) groups excluding carboxylic acids is 1. The summed E-state index contributed by atoms with van der Waals surface area (Å²) >= 11 is 0. The number of aromatic nitrogens is 1. The van der Waals surface area contributed by atoms with Gasteiger partial charge in [-0.2, -0.15) is 0 Å². The Kier molecular flexibility index (Phi) is 5.19. The van der Waals surface area contributed by atoms with Gasteiger partial charge in [0.2, 0.25) is 0 Å². The van der Waals surface area contributed by atoms with E-state index in [1.54, 1.807) is 29.0 Å². The van der Waals surface area contributed by atoms with Crippen LogP contribution in [0.3, 0.4) is 0 Å². The fraction of sp³-hybridized carbons (Fsp3) is 0.238. The number of hydrogen-bond acceptors (Lipinski definition) is 3. The minimum atomic E-state index is -0.182. The first kappa shape index (κ1) is 17.9. The molecule has 26 heavy (non-hydrogen) atoms. The second-order valence-corrected chi connectivity index (χ2v) is 6.71. The van der Waals surface area contributed by atoms with Crippen molar-refractivity contribution in [2.45, 2.75) is 13.5 Å². The van der Waals surface area contributed by atoms with Gasteiger partial charge >= 0.3 is 0 Å². The summed E-state index contributed by atoms with van der Waals surface area (Å²) in [6, 6.07) is 14.7. The number of nitrogens with zero attached hydrogens (tertiary/aromatic N) is 2. The standard InChI is InChI=1S/C21H23N3O2/c1-15-6-4-7-16(14-15)20(25)22-19-9-5-8-18-17(19)10-11-24(21(18)26)13-12-23(2)3/h4-11,14H,12-13H2,1-3H3,(H,22,25). The molecule has 1 heterocycles. The summed E-state index contributed by atoms with van der Waals surface area (Å²) in [5, 5.41) is 4.28. The third-order valence-corrected chi connectivity index (χ3v) is 4.34. The summed E-state index contributed by atoms with van der Waals surface area (Å²) in [4.78, 5) is 27.3. The normalized spacial score (nSPS) is 11.1. The highest BCUT2D eigenvalue weighted by molar-refractivity contribution is 6.09. The summed E-state index contributed by atoms with van der Waals surface area (Å²) in [5.41, 5.74) is 2.22. The molecule has 0 spiro atoms. The van der Waals surface area contributed by atoms with Gasteiger partial charge in [-0.05, 0) is 51.4 Å². The molecule has 0 bridgehead atoms. The van der Waals surface area contributed by atoms with Crippen LogP contribution >= 0.6 is 0 Å². The van der Waals surface area contributed by atoms with Gasteiger partial charge in [-0.15, -0.1) is 0 Å². The van der Waals surface area contributed by atoms with Crippen LogP contribution in [0.2, 0.25) is 0 Å². The lowest BCUT2D eigenvalue weighted by atomic mass is 10.1. The van der Waals surface area contributed by atoms with Gasteiger partial charge in [0.15, 0.2) is 0 Å². The van der Waals surface area contributed by atoms with Crippen LogP contribution in [-0.4, -0.2) is 36.0 Å². The van der Waals surface area contributed by atoms with Crippen LogP contribution in [0.1, 0.15) is 15.9 Å². The summed E-state index contributed by atoms with van der Waals surface area (Å²) in [6.07, 6.45) is 1.79. The average Bonchev–Trinajstić information content (AvgIpc) is 2.61. The summed E-state index contributed by atoms with van der Waals surface area (Å²) in [5.74, 6) is -0.182. The minimum absolute atomic E-state index is 0.0454. The second-order valence-electron chi connectivity index (χ2n) is 6.71. The van der Waals surface area contributed by atoms with E-state index in [1.165, 1.54) is 0 Å². The van der Waals surface area contributed by atoms with Crippen LogP contribution in [0.25, 0.3) is 10.8 Å². The molecule has 0 aliphatic rings. The van der Waals surface area contributed by atoms with Crippen molar-refractivity contribution in [1.82, 2.24) is 9.47 Å². The highest BCUT2D eigenvalue weighted by Crippen LogP contribution is 2.21.